The summed E-state index contributed by atoms with van der Waals surface area (Å²) in [6.45, 7) is 1.52. The van der Waals surface area contributed by atoms with E-state index in [1.54, 1.807) is 6.92 Å². The summed E-state index contributed by atoms with van der Waals surface area (Å²) in [5.74, 6) is -0.348. The predicted octanol–water partition coefficient (Wildman–Crippen LogP) is 3.74. The molecular weight excluding hydrogens is 319 g/mol. The average Bonchev–Trinajstić information content (AvgIpc) is 3.00. The summed E-state index contributed by atoms with van der Waals surface area (Å²) in [5, 5.41) is 4.45. The van der Waals surface area contributed by atoms with Crippen LogP contribution < -0.4 is 0 Å². The van der Waals surface area contributed by atoms with E-state index < -0.39 is 5.97 Å². The number of hydrogen-bond donors (Lipinski definition) is 0. The van der Waals surface area contributed by atoms with E-state index in [0.29, 0.717) is 15.9 Å². The zero-order valence-electron chi connectivity index (χ0n) is 10.7. The van der Waals surface area contributed by atoms with Crippen molar-refractivity contribution in [3.63, 3.8) is 0 Å². The lowest BCUT2D eigenvalue weighted by Crippen LogP contribution is -2.04. The molecule has 0 amide bonds. The monoisotopic (exact) mass is 326 g/mol. The molecule has 5 nitrogen and oxygen atoms in total. The lowest BCUT2D eigenvalue weighted by atomic mass is 10.2. The van der Waals surface area contributed by atoms with Gasteiger partial charge in [-0.05, 0) is 25.1 Å². The molecule has 0 fully saturated rings. The molecule has 0 radical (unpaired) electrons. The molecular formula is C13H8ClFN2O3S. The number of aromatic nitrogens is 2. The second-order valence-electron chi connectivity index (χ2n) is 4.20. The Morgan fingerprint density at radius 1 is 1.52 bits per heavy atom. The first-order valence-electron chi connectivity index (χ1n) is 5.88. The van der Waals surface area contributed by atoms with Crippen molar-refractivity contribution in [1.29, 1.82) is 0 Å². The molecule has 0 aliphatic rings. The van der Waals surface area contributed by atoms with Crippen LogP contribution in [-0.2, 0) is 11.3 Å². The highest BCUT2D eigenvalue weighted by atomic mass is 35.5. The van der Waals surface area contributed by atoms with Gasteiger partial charge in [-0.1, -0.05) is 16.8 Å². The van der Waals surface area contributed by atoms with Gasteiger partial charge in [0.2, 0.25) is 0 Å². The third-order valence-corrected chi connectivity index (χ3v) is 4.31. The Balaban J connectivity index is 1.82. The third kappa shape index (κ3) is 2.74. The number of hydrogen-bond acceptors (Lipinski definition) is 6. The van der Waals surface area contributed by atoms with Gasteiger partial charge in [0, 0.05) is 10.1 Å². The molecule has 2 aromatic heterocycles. The number of halogens is 2. The molecule has 3 aromatic rings. The summed E-state index contributed by atoms with van der Waals surface area (Å²) >= 11 is 7.20. The number of carbonyl (C=O) groups excluding carboxylic acids is 1. The number of rotatable bonds is 3. The smallest absolute Gasteiger partial charge is 0.350 e. The van der Waals surface area contributed by atoms with Crippen molar-refractivity contribution in [1.82, 2.24) is 10.1 Å². The number of ether oxygens (including phenoxy) is 1. The Morgan fingerprint density at radius 3 is 3.05 bits per heavy atom. The molecule has 0 bridgehead atoms. The normalized spacial score (nSPS) is 11.0. The SMILES string of the molecule is Cc1noc(COC(=O)c2sc3cc(F)ccc3c2Cl)n1. The molecule has 8 heteroatoms. The minimum atomic E-state index is -0.613. The fraction of sp³-hybridized carbons (Fsp3) is 0.154. The van der Waals surface area contributed by atoms with Gasteiger partial charge in [-0.25, -0.2) is 9.18 Å². The van der Waals surface area contributed by atoms with Gasteiger partial charge in [-0.2, -0.15) is 4.98 Å². The van der Waals surface area contributed by atoms with Crippen molar-refractivity contribution in [2.45, 2.75) is 13.5 Å². The summed E-state index contributed by atoms with van der Waals surface area (Å²) in [6, 6.07) is 4.14. The number of benzene rings is 1. The van der Waals surface area contributed by atoms with Gasteiger partial charge in [0.15, 0.2) is 12.4 Å². The first-order chi connectivity index (χ1) is 10.0. The van der Waals surface area contributed by atoms with Crippen LogP contribution in [0.4, 0.5) is 4.39 Å². The summed E-state index contributed by atoms with van der Waals surface area (Å²) in [5.41, 5.74) is 0. The maximum absolute atomic E-state index is 13.2. The second kappa shape index (κ2) is 5.42. The fourth-order valence-corrected chi connectivity index (χ4v) is 3.19. The van der Waals surface area contributed by atoms with Gasteiger partial charge in [0.05, 0.1) is 5.02 Å². The molecule has 108 valence electrons. The number of nitrogens with zero attached hydrogens (tertiary/aromatic N) is 2. The van der Waals surface area contributed by atoms with Crippen molar-refractivity contribution in [2.24, 2.45) is 0 Å². The van der Waals surface area contributed by atoms with E-state index in [9.17, 15) is 9.18 Å². The Morgan fingerprint density at radius 2 is 2.33 bits per heavy atom. The van der Waals surface area contributed by atoms with Crippen LogP contribution in [0.3, 0.4) is 0 Å². The molecule has 3 rings (SSSR count). The Kier molecular flexibility index (Phi) is 3.60. The van der Waals surface area contributed by atoms with Gasteiger partial charge in [0.25, 0.3) is 5.89 Å². The summed E-state index contributed by atoms with van der Waals surface area (Å²) in [7, 11) is 0. The predicted molar refractivity (Wildman–Crippen MR) is 74.9 cm³/mol. The Hall–Kier alpha value is -1.99. The molecule has 0 N–H and O–H groups in total. The van der Waals surface area contributed by atoms with Crippen molar-refractivity contribution in [3.8, 4) is 0 Å². The molecule has 0 spiro atoms. The minimum absolute atomic E-state index is 0.140. The van der Waals surface area contributed by atoms with Gasteiger partial charge in [-0.15, -0.1) is 11.3 Å². The van der Waals surface area contributed by atoms with Crippen LogP contribution in [0.25, 0.3) is 10.1 Å². The van der Waals surface area contributed by atoms with E-state index in [4.69, 9.17) is 20.9 Å². The number of thiophene rings is 1. The fourth-order valence-electron chi connectivity index (χ4n) is 1.76. The lowest BCUT2D eigenvalue weighted by Gasteiger charge is -1.99. The molecule has 0 saturated heterocycles. The van der Waals surface area contributed by atoms with Gasteiger partial charge in [0.1, 0.15) is 10.7 Å². The number of fused-ring (bicyclic) bond motifs is 1. The van der Waals surface area contributed by atoms with E-state index in [2.05, 4.69) is 10.1 Å². The van der Waals surface area contributed by atoms with Crippen LogP contribution in [0, 0.1) is 12.7 Å². The van der Waals surface area contributed by atoms with E-state index >= 15 is 0 Å². The zero-order chi connectivity index (χ0) is 15.0. The van der Waals surface area contributed by atoms with Crippen LogP contribution in [0.2, 0.25) is 5.02 Å². The first kappa shape index (κ1) is 14.0. The Bertz CT molecular complexity index is 830. The molecule has 2 heterocycles. The highest BCUT2D eigenvalue weighted by molar-refractivity contribution is 7.21. The van der Waals surface area contributed by atoms with Crippen LogP contribution >= 0.6 is 22.9 Å². The lowest BCUT2D eigenvalue weighted by molar-refractivity contribution is 0.0436. The topological polar surface area (TPSA) is 65.2 Å². The summed E-state index contributed by atoms with van der Waals surface area (Å²) < 4.78 is 23.7. The van der Waals surface area contributed by atoms with Crippen LogP contribution in [-0.4, -0.2) is 16.1 Å². The maximum atomic E-state index is 13.2. The third-order valence-electron chi connectivity index (χ3n) is 2.67. The van der Waals surface area contributed by atoms with Gasteiger partial charge >= 0.3 is 5.97 Å². The van der Waals surface area contributed by atoms with Crippen molar-refractivity contribution >= 4 is 39.0 Å². The van der Waals surface area contributed by atoms with Crippen molar-refractivity contribution < 1.29 is 18.4 Å². The molecule has 0 atom stereocenters. The largest absolute Gasteiger partial charge is 0.451 e. The number of esters is 1. The molecule has 21 heavy (non-hydrogen) atoms. The second-order valence-corrected chi connectivity index (χ2v) is 5.63. The molecule has 0 aliphatic heterocycles. The van der Waals surface area contributed by atoms with E-state index in [-0.39, 0.29) is 28.2 Å². The molecule has 0 unspecified atom stereocenters. The Labute approximate surface area is 127 Å². The summed E-state index contributed by atoms with van der Waals surface area (Å²) in [4.78, 5) is 16.2. The van der Waals surface area contributed by atoms with Crippen LogP contribution in [0.5, 0.6) is 0 Å². The standard InChI is InChI=1S/C13H8ClFN2O3S/c1-6-16-10(20-17-6)5-19-13(18)12-11(14)8-3-2-7(15)4-9(8)21-12/h2-4H,5H2,1H3. The summed E-state index contributed by atoms with van der Waals surface area (Å²) in [6.07, 6.45) is 0. The van der Waals surface area contributed by atoms with Gasteiger partial charge in [-0.3, -0.25) is 0 Å². The molecule has 0 aliphatic carbocycles. The van der Waals surface area contributed by atoms with Crippen molar-refractivity contribution in [2.75, 3.05) is 0 Å². The average molecular weight is 327 g/mol. The minimum Gasteiger partial charge on any atom is -0.451 e. The van der Waals surface area contributed by atoms with Crippen molar-refractivity contribution in [3.05, 3.63) is 45.6 Å². The quantitative estimate of drug-likeness (QED) is 0.686. The number of aryl methyl sites for hydroxylation is 1. The molecule has 1 aromatic carbocycles. The van der Waals surface area contributed by atoms with Gasteiger partial charge < -0.3 is 9.26 Å². The van der Waals surface area contributed by atoms with E-state index in [1.807, 2.05) is 0 Å². The van der Waals surface area contributed by atoms with Crippen LogP contribution in [0.15, 0.2) is 22.7 Å². The maximum Gasteiger partial charge on any atom is 0.350 e. The first-order valence-corrected chi connectivity index (χ1v) is 7.08. The highest BCUT2D eigenvalue weighted by Crippen LogP contribution is 2.36. The number of carbonyl (C=O) groups is 1. The van der Waals surface area contributed by atoms with E-state index in [1.165, 1.54) is 18.2 Å². The highest BCUT2D eigenvalue weighted by Gasteiger charge is 2.19. The molecule has 0 saturated carbocycles. The van der Waals surface area contributed by atoms with E-state index in [0.717, 1.165) is 11.3 Å². The zero-order valence-corrected chi connectivity index (χ0v) is 12.3. The van der Waals surface area contributed by atoms with Crippen LogP contribution in [0.1, 0.15) is 21.4 Å².